The molecule has 0 saturated carbocycles. The normalized spacial score (nSPS) is 23.0. The Hall–Kier alpha value is -2.61. The first-order valence-corrected chi connectivity index (χ1v) is 13.0. The Morgan fingerprint density at radius 1 is 1.18 bits per heavy atom. The smallest absolute Gasteiger partial charge is 0.135 e. The minimum absolute atomic E-state index is 0.177. The van der Waals surface area contributed by atoms with Crippen molar-refractivity contribution < 1.29 is 0 Å². The number of aryl methyl sites for hydroxylation is 2. The van der Waals surface area contributed by atoms with E-state index in [1.54, 1.807) is 0 Å². The Morgan fingerprint density at radius 2 is 2.03 bits per heavy atom. The predicted molar refractivity (Wildman–Crippen MR) is 135 cm³/mol. The van der Waals surface area contributed by atoms with Crippen LogP contribution in [-0.4, -0.2) is 23.1 Å². The molecule has 2 aromatic rings. The van der Waals surface area contributed by atoms with Crippen LogP contribution in [0.1, 0.15) is 93.4 Å². The number of anilines is 2. The van der Waals surface area contributed by atoms with Gasteiger partial charge >= 0.3 is 0 Å². The lowest BCUT2D eigenvalue weighted by Crippen LogP contribution is -2.30. The molecule has 176 valence electrons. The van der Waals surface area contributed by atoms with Crippen LogP contribution in [0.5, 0.6) is 0 Å². The van der Waals surface area contributed by atoms with Crippen molar-refractivity contribution in [1.29, 1.82) is 5.26 Å². The van der Waals surface area contributed by atoms with Gasteiger partial charge in [-0.3, -0.25) is 0 Å². The average molecular weight is 446 g/mol. The van der Waals surface area contributed by atoms with E-state index in [4.69, 9.17) is 15.7 Å². The molecule has 0 radical (unpaired) electrons. The summed E-state index contributed by atoms with van der Waals surface area (Å²) in [5.41, 5.74) is 12.3. The van der Waals surface area contributed by atoms with Crippen LogP contribution in [0.4, 0.5) is 11.5 Å². The summed E-state index contributed by atoms with van der Waals surface area (Å²) in [5.74, 6) is 2.55. The zero-order valence-electron chi connectivity index (χ0n) is 20.7. The van der Waals surface area contributed by atoms with E-state index in [9.17, 15) is 5.26 Å². The van der Waals surface area contributed by atoms with Crippen LogP contribution in [0.2, 0.25) is 0 Å². The standard InChI is InChI=1S/C28H39N5/c1-4-8-20-9-11-22(30)18-24(20)21-10-12-23-25(17-21)31-26(5-2)32-27(23)33-15-7-13-28(6-3,19-29)14-16-33/h9,11,18,21H,4-8,10,12-17,30H2,1-3H3. The summed E-state index contributed by atoms with van der Waals surface area (Å²) in [6.07, 6.45) is 10.1. The molecule has 33 heavy (non-hydrogen) atoms. The number of aromatic nitrogens is 2. The van der Waals surface area contributed by atoms with Crippen LogP contribution >= 0.6 is 0 Å². The van der Waals surface area contributed by atoms with Crippen molar-refractivity contribution in [2.24, 2.45) is 5.41 Å². The van der Waals surface area contributed by atoms with Crippen LogP contribution in [0, 0.1) is 16.7 Å². The molecule has 2 N–H and O–H groups in total. The molecule has 2 aliphatic rings. The van der Waals surface area contributed by atoms with Gasteiger partial charge < -0.3 is 10.6 Å². The van der Waals surface area contributed by atoms with Crippen LogP contribution < -0.4 is 10.6 Å². The number of nitrogen functional groups attached to an aromatic ring is 1. The van der Waals surface area contributed by atoms with Crippen LogP contribution in [0.15, 0.2) is 18.2 Å². The molecule has 2 unspecified atom stereocenters. The van der Waals surface area contributed by atoms with Crippen molar-refractivity contribution in [3.8, 4) is 6.07 Å². The molecule has 2 heterocycles. The summed E-state index contributed by atoms with van der Waals surface area (Å²) in [6.45, 7) is 8.43. The van der Waals surface area contributed by atoms with Gasteiger partial charge in [-0.1, -0.05) is 33.3 Å². The van der Waals surface area contributed by atoms with E-state index in [0.717, 1.165) is 94.6 Å². The number of benzene rings is 1. The van der Waals surface area contributed by atoms with Gasteiger partial charge in [0.25, 0.3) is 0 Å². The second kappa shape index (κ2) is 10.1. The fraction of sp³-hybridized carbons (Fsp3) is 0.607. The molecule has 5 nitrogen and oxygen atoms in total. The number of nitrogens with two attached hydrogens (primary N) is 1. The molecule has 1 aliphatic carbocycles. The summed E-state index contributed by atoms with van der Waals surface area (Å²) in [6, 6.07) is 9.10. The van der Waals surface area contributed by atoms with E-state index in [1.165, 1.54) is 22.4 Å². The zero-order chi connectivity index (χ0) is 23.4. The Balaban J connectivity index is 1.65. The maximum atomic E-state index is 9.81. The number of fused-ring (bicyclic) bond motifs is 1. The zero-order valence-corrected chi connectivity index (χ0v) is 20.7. The van der Waals surface area contributed by atoms with Crippen molar-refractivity contribution in [3.05, 3.63) is 46.4 Å². The number of nitrogens with zero attached hydrogens (tertiary/aromatic N) is 4. The molecule has 4 rings (SSSR count). The van der Waals surface area contributed by atoms with Gasteiger partial charge in [0, 0.05) is 30.8 Å². The molecular weight excluding hydrogens is 406 g/mol. The topological polar surface area (TPSA) is 78.8 Å². The Bertz CT molecular complexity index is 1020. The predicted octanol–water partition coefficient (Wildman–Crippen LogP) is 5.76. The molecule has 1 aromatic heterocycles. The molecule has 1 aromatic carbocycles. The summed E-state index contributed by atoms with van der Waals surface area (Å²) in [4.78, 5) is 12.5. The third-order valence-corrected chi connectivity index (χ3v) is 7.90. The van der Waals surface area contributed by atoms with Crippen molar-refractivity contribution in [3.63, 3.8) is 0 Å². The number of hydrogen-bond donors (Lipinski definition) is 1. The molecule has 0 spiro atoms. The SMILES string of the molecule is CCCc1ccc(N)cc1C1CCc2c(nc(CC)nc2N2CCCC(C#N)(CC)CC2)C1. The molecule has 1 saturated heterocycles. The number of hydrogen-bond acceptors (Lipinski definition) is 5. The molecule has 2 atom stereocenters. The summed E-state index contributed by atoms with van der Waals surface area (Å²) in [7, 11) is 0. The second-order valence-corrected chi connectivity index (χ2v) is 9.98. The first-order chi connectivity index (χ1) is 16.0. The van der Waals surface area contributed by atoms with Crippen LogP contribution in [-0.2, 0) is 25.7 Å². The quantitative estimate of drug-likeness (QED) is 0.572. The lowest BCUT2D eigenvalue weighted by Gasteiger charge is -2.31. The van der Waals surface area contributed by atoms with Crippen LogP contribution in [0.25, 0.3) is 0 Å². The van der Waals surface area contributed by atoms with Crippen molar-refractivity contribution >= 4 is 11.5 Å². The molecule has 0 amide bonds. The van der Waals surface area contributed by atoms with Crippen molar-refractivity contribution in [2.75, 3.05) is 23.7 Å². The second-order valence-electron chi connectivity index (χ2n) is 9.98. The van der Waals surface area contributed by atoms with E-state index in [0.29, 0.717) is 5.92 Å². The summed E-state index contributed by atoms with van der Waals surface area (Å²) in [5, 5.41) is 9.81. The Labute approximate surface area is 199 Å². The van der Waals surface area contributed by atoms with E-state index < -0.39 is 0 Å². The van der Waals surface area contributed by atoms with Crippen molar-refractivity contribution in [2.45, 2.75) is 90.9 Å². The first-order valence-electron chi connectivity index (χ1n) is 13.0. The minimum Gasteiger partial charge on any atom is -0.399 e. The molecule has 0 bridgehead atoms. The van der Waals surface area contributed by atoms with E-state index in [2.05, 4.69) is 43.9 Å². The highest BCUT2D eigenvalue weighted by molar-refractivity contribution is 5.53. The number of nitriles is 1. The highest BCUT2D eigenvalue weighted by Crippen LogP contribution is 2.40. The lowest BCUT2D eigenvalue weighted by atomic mass is 9.79. The van der Waals surface area contributed by atoms with Crippen LogP contribution in [0.3, 0.4) is 0 Å². The van der Waals surface area contributed by atoms with Gasteiger partial charge in [0.1, 0.15) is 11.6 Å². The summed E-state index contributed by atoms with van der Waals surface area (Å²) < 4.78 is 0. The Morgan fingerprint density at radius 3 is 2.76 bits per heavy atom. The first kappa shape index (κ1) is 23.5. The van der Waals surface area contributed by atoms with Gasteiger partial charge in [0.2, 0.25) is 0 Å². The van der Waals surface area contributed by atoms with Gasteiger partial charge in [-0.05, 0) is 80.5 Å². The van der Waals surface area contributed by atoms with Gasteiger partial charge in [-0.25, -0.2) is 9.97 Å². The molecule has 1 fully saturated rings. The van der Waals surface area contributed by atoms with E-state index in [-0.39, 0.29) is 5.41 Å². The maximum Gasteiger partial charge on any atom is 0.135 e. The fourth-order valence-corrected chi connectivity index (χ4v) is 5.77. The average Bonchev–Trinajstić information content (AvgIpc) is 3.07. The third-order valence-electron chi connectivity index (χ3n) is 7.90. The van der Waals surface area contributed by atoms with Gasteiger partial charge in [-0.2, -0.15) is 5.26 Å². The van der Waals surface area contributed by atoms with E-state index >= 15 is 0 Å². The van der Waals surface area contributed by atoms with Gasteiger partial charge in [-0.15, -0.1) is 0 Å². The highest BCUT2D eigenvalue weighted by Gasteiger charge is 2.33. The molecule has 5 heteroatoms. The monoisotopic (exact) mass is 445 g/mol. The number of rotatable bonds is 6. The van der Waals surface area contributed by atoms with Gasteiger partial charge in [0.15, 0.2) is 0 Å². The van der Waals surface area contributed by atoms with E-state index in [1.807, 2.05) is 6.07 Å². The minimum atomic E-state index is -0.177. The molecular formula is C28H39N5. The van der Waals surface area contributed by atoms with Crippen molar-refractivity contribution in [1.82, 2.24) is 9.97 Å². The fourth-order valence-electron chi connectivity index (χ4n) is 5.77. The highest BCUT2D eigenvalue weighted by atomic mass is 15.2. The summed E-state index contributed by atoms with van der Waals surface area (Å²) >= 11 is 0. The third kappa shape index (κ3) is 4.86. The largest absolute Gasteiger partial charge is 0.399 e. The lowest BCUT2D eigenvalue weighted by molar-refractivity contribution is 0.339. The Kier molecular flexibility index (Phi) is 7.22. The maximum absolute atomic E-state index is 9.81. The van der Waals surface area contributed by atoms with Gasteiger partial charge in [0.05, 0.1) is 17.2 Å². The molecule has 1 aliphatic heterocycles.